The Morgan fingerprint density at radius 2 is 1.87 bits per heavy atom. The zero-order valence-electron chi connectivity index (χ0n) is 13.9. The average Bonchev–Trinajstić information content (AvgIpc) is 2.56. The summed E-state index contributed by atoms with van der Waals surface area (Å²) in [4.78, 5) is 24.1. The maximum absolute atomic E-state index is 12.3. The lowest BCUT2D eigenvalue weighted by atomic mass is 10.1. The number of carbonyl (C=O) groups excluding carboxylic acids is 2. The van der Waals surface area contributed by atoms with E-state index >= 15 is 0 Å². The van der Waals surface area contributed by atoms with Crippen molar-refractivity contribution >= 4 is 27.8 Å². The minimum Gasteiger partial charge on any atom is -0.467 e. The third-order valence-electron chi connectivity index (χ3n) is 3.72. The van der Waals surface area contributed by atoms with Crippen LogP contribution in [0, 0.1) is 0 Å². The normalized spacial score (nSPS) is 11.8. The van der Waals surface area contributed by atoms with Gasteiger partial charge in [-0.25, -0.2) is 4.79 Å². The van der Waals surface area contributed by atoms with Crippen LogP contribution < -0.4 is 5.32 Å². The smallest absolute Gasteiger partial charge is 0.328 e. The van der Waals surface area contributed by atoms with Gasteiger partial charge in [0.05, 0.1) is 7.11 Å². The number of benzene rings is 1. The van der Waals surface area contributed by atoms with Crippen LogP contribution in [-0.4, -0.2) is 25.0 Å². The molecule has 0 radical (unpaired) electrons. The van der Waals surface area contributed by atoms with Crippen LogP contribution in [0.2, 0.25) is 0 Å². The molecule has 1 atom stereocenters. The van der Waals surface area contributed by atoms with E-state index in [4.69, 9.17) is 4.74 Å². The zero-order valence-corrected chi connectivity index (χ0v) is 15.5. The molecular formula is C18H26BrNO3. The summed E-state index contributed by atoms with van der Waals surface area (Å²) >= 11 is 3.34. The number of amides is 1. The molecule has 0 aromatic heterocycles. The molecule has 0 fully saturated rings. The van der Waals surface area contributed by atoms with Gasteiger partial charge in [-0.15, -0.1) is 0 Å². The summed E-state index contributed by atoms with van der Waals surface area (Å²) in [7, 11) is 1.35. The van der Waals surface area contributed by atoms with Gasteiger partial charge in [0.1, 0.15) is 6.04 Å². The lowest BCUT2D eigenvalue weighted by Crippen LogP contribution is -2.41. The standard InChI is InChI=1S/C18H26BrNO3/c1-3-4-5-6-7-8-12-16(18(22)23-2)20-17(21)14-10-9-11-15(19)13-14/h9-11,13,16H,3-8,12H2,1-2H3,(H,20,21)/t16-/m0/s1. The van der Waals surface area contributed by atoms with Gasteiger partial charge in [0.2, 0.25) is 0 Å². The molecule has 0 saturated carbocycles. The summed E-state index contributed by atoms with van der Waals surface area (Å²) in [5.74, 6) is -0.644. The van der Waals surface area contributed by atoms with E-state index in [1.165, 1.54) is 32.8 Å². The number of hydrogen-bond acceptors (Lipinski definition) is 3. The highest BCUT2D eigenvalue weighted by Gasteiger charge is 2.21. The van der Waals surface area contributed by atoms with E-state index in [0.29, 0.717) is 12.0 Å². The highest BCUT2D eigenvalue weighted by molar-refractivity contribution is 9.10. The minimum atomic E-state index is -0.586. The Labute approximate surface area is 147 Å². The molecule has 0 aliphatic rings. The van der Waals surface area contributed by atoms with E-state index in [1.54, 1.807) is 18.2 Å². The van der Waals surface area contributed by atoms with Crippen molar-refractivity contribution in [1.82, 2.24) is 5.32 Å². The fourth-order valence-corrected chi connectivity index (χ4v) is 2.79. The molecule has 0 saturated heterocycles. The molecule has 1 aromatic rings. The van der Waals surface area contributed by atoms with Gasteiger partial charge in [-0.05, 0) is 24.6 Å². The molecule has 5 heteroatoms. The molecule has 0 spiro atoms. The fraction of sp³-hybridized carbons (Fsp3) is 0.556. The van der Waals surface area contributed by atoms with E-state index in [1.807, 2.05) is 6.07 Å². The van der Waals surface area contributed by atoms with Crippen LogP contribution in [0.1, 0.15) is 62.2 Å². The summed E-state index contributed by atoms with van der Waals surface area (Å²) < 4.78 is 5.63. The maximum atomic E-state index is 12.3. The molecule has 1 N–H and O–H groups in total. The summed E-state index contributed by atoms with van der Waals surface area (Å²) in [6, 6.07) is 6.51. The Balaban J connectivity index is 2.51. The largest absolute Gasteiger partial charge is 0.467 e. The molecular weight excluding hydrogens is 358 g/mol. The van der Waals surface area contributed by atoms with Crippen LogP contribution >= 0.6 is 15.9 Å². The Morgan fingerprint density at radius 1 is 1.17 bits per heavy atom. The third-order valence-corrected chi connectivity index (χ3v) is 4.22. The molecule has 4 nitrogen and oxygen atoms in total. The minimum absolute atomic E-state index is 0.257. The predicted octanol–water partition coefficient (Wildman–Crippen LogP) is 4.47. The Morgan fingerprint density at radius 3 is 2.52 bits per heavy atom. The summed E-state index contributed by atoms with van der Waals surface area (Å²) in [5.41, 5.74) is 0.524. The van der Waals surface area contributed by atoms with Gasteiger partial charge in [0.15, 0.2) is 0 Å². The van der Waals surface area contributed by atoms with Gasteiger partial charge >= 0.3 is 5.97 Å². The highest BCUT2D eigenvalue weighted by atomic mass is 79.9. The number of rotatable bonds is 10. The third kappa shape index (κ3) is 7.64. The van der Waals surface area contributed by atoms with E-state index in [-0.39, 0.29) is 11.9 Å². The van der Waals surface area contributed by atoms with Gasteiger partial charge in [-0.3, -0.25) is 4.79 Å². The van der Waals surface area contributed by atoms with Gasteiger partial charge < -0.3 is 10.1 Å². The SMILES string of the molecule is CCCCCCCC[C@H](NC(=O)c1cccc(Br)c1)C(=O)OC. The topological polar surface area (TPSA) is 55.4 Å². The van der Waals surface area contributed by atoms with E-state index in [0.717, 1.165) is 17.3 Å². The van der Waals surface area contributed by atoms with Crippen LogP contribution in [0.4, 0.5) is 0 Å². The van der Waals surface area contributed by atoms with E-state index < -0.39 is 6.04 Å². The maximum Gasteiger partial charge on any atom is 0.328 e. The van der Waals surface area contributed by atoms with Crippen LogP contribution in [-0.2, 0) is 9.53 Å². The van der Waals surface area contributed by atoms with Gasteiger partial charge in [-0.1, -0.05) is 67.4 Å². The summed E-state index contributed by atoms with van der Waals surface area (Å²) in [5, 5.41) is 2.78. The van der Waals surface area contributed by atoms with Crippen molar-refractivity contribution in [2.24, 2.45) is 0 Å². The molecule has 1 rings (SSSR count). The second kappa shape index (κ2) is 11.2. The van der Waals surface area contributed by atoms with Crippen molar-refractivity contribution in [2.75, 3.05) is 7.11 Å². The monoisotopic (exact) mass is 383 g/mol. The number of nitrogens with one attached hydrogen (secondary N) is 1. The molecule has 1 amide bonds. The molecule has 0 unspecified atom stereocenters. The van der Waals surface area contributed by atoms with Crippen LogP contribution in [0.25, 0.3) is 0 Å². The molecule has 0 bridgehead atoms. The molecule has 128 valence electrons. The number of halogens is 1. The van der Waals surface area contributed by atoms with Crippen molar-refractivity contribution in [3.05, 3.63) is 34.3 Å². The average molecular weight is 384 g/mol. The number of unbranched alkanes of at least 4 members (excludes halogenated alkanes) is 5. The first kappa shape index (κ1) is 19.7. The molecule has 0 aliphatic heterocycles. The number of carbonyl (C=O) groups is 2. The first-order valence-electron chi connectivity index (χ1n) is 8.22. The van der Waals surface area contributed by atoms with Crippen molar-refractivity contribution in [3.8, 4) is 0 Å². The van der Waals surface area contributed by atoms with E-state index in [2.05, 4.69) is 28.2 Å². The zero-order chi connectivity index (χ0) is 17.1. The molecule has 1 aromatic carbocycles. The van der Waals surface area contributed by atoms with Crippen LogP contribution in [0.3, 0.4) is 0 Å². The first-order valence-corrected chi connectivity index (χ1v) is 9.02. The van der Waals surface area contributed by atoms with E-state index in [9.17, 15) is 9.59 Å². The van der Waals surface area contributed by atoms with Gasteiger partial charge in [-0.2, -0.15) is 0 Å². The Kier molecular flexibility index (Phi) is 9.60. The van der Waals surface area contributed by atoms with Crippen molar-refractivity contribution < 1.29 is 14.3 Å². The Hall–Kier alpha value is -1.36. The van der Waals surface area contributed by atoms with Crippen LogP contribution in [0.5, 0.6) is 0 Å². The fourth-order valence-electron chi connectivity index (χ4n) is 2.39. The summed E-state index contributed by atoms with van der Waals surface area (Å²) in [6.45, 7) is 2.19. The number of hydrogen-bond donors (Lipinski definition) is 1. The number of methoxy groups -OCH3 is 1. The second-order valence-electron chi connectivity index (χ2n) is 5.62. The number of esters is 1. The number of ether oxygens (including phenoxy) is 1. The van der Waals surface area contributed by atoms with Crippen molar-refractivity contribution in [1.29, 1.82) is 0 Å². The quantitative estimate of drug-likeness (QED) is 0.478. The van der Waals surface area contributed by atoms with Gasteiger partial charge in [0, 0.05) is 10.0 Å². The molecule has 0 heterocycles. The molecule has 0 aliphatic carbocycles. The molecule has 23 heavy (non-hydrogen) atoms. The lowest BCUT2D eigenvalue weighted by Gasteiger charge is -2.16. The predicted molar refractivity (Wildman–Crippen MR) is 95.4 cm³/mol. The summed E-state index contributed by atoms with van der Waals surface area (Å²) in [6.07, 6.45) is 7.44. The van der Waals surface area contributed by atoms with Crippen molar-refractivity contribution in [2.45, 2.75) is 57.9 Å². The highest BCUT2D eigenvalue weighted by Crippen LogP contribution is 2.13. The Bertz CT molecular complexity index is 505. The van der Waals surface area contributed by atoms with Gasteiger partial charge in [0.25, 0.3) is 5.91 Å². The second-order valence-corrected chi connectivity index (χ2v) is 6.53. The first-order chi connectivity index (χ1) is 11.1. The lowest BCUT2D eigenvalue weighted by molar-refractivity contribution is -0.143. The van der Waals surface area contributed by atoms with Crippen LogP contribution in [0.15, 0.2) is 28.7 Å². The van der Waals surface area contributed by atoms with Crippen molar-refractivity contribution in [3.63, 3.8) is 0 Å².